The van der Waals surface area contributed by atoms with E-state index in [-0.39, 0.29) is 6.01 Å². The van der Waals surface area contributed by atoms with Crippen LogP contribution in [0.2, 0.25) is 10.0 Å². The number of aromatic nitrogens is 3. The second-order valence-electron chi connectivity index (χ2n) is 9.73. The van der Waals surface area contributed by atoms with E-state index in [1.807, 2.05) is 73.7 Å². The highest BCUT2D eigenvalue weighted by molar-refractivity contribution is 6.31. The molecule has 0 unspecified atom stereocenters. The summed E-state index contributed by atoms with van der Waals surface area (Å²) in [7, 11) is 0. The van der Waals surface area contributed by atoms with Crippen molar-refractivity contribution in [3.8, 4) is 22.5 Å². The van der Waals surface area contributed by atoms with Crippen LogP contribution in [0.5, 0.6) is 0 Å². The molecule has 204 valence electrons. The van der Waals surface area contributed by atoms with Crippen LogP contribution in [0.1, 0.15) is 11.3 Å². The number of rotatable bonds is 5. The molecule has 42 heavy (non-hydrogen) atoms. The summed E-state index contributed by atoms with van der Waals surface area (Å²) in [4.78, 5) is 16.5. The number of aryl methyl sites for hydroxylation is 1. The number of oxazole rings is 1. The molecule has 0 aliphatic rings. The van der Waals surface area contributed by atoms with E-state index in [0.29, 0.717) is 27.3 Å². The number of benzene rings is 4. The van der Waals surface area contributed by atoms with Crippen LogP contribution in [0.3, 0.4) is 0 Å². The van der Waals surface area contributed by atoms with Crippen molar-refractivity contribution >= 4 is 62.5 Å². The molecule has 3 heterocycles. The Hall–Kier alpha value is -4.98. The van der Waals surface area contributed by atoms with Gasteiger partial charge in [-0.15, -0.1) is 10.2 Å². The van der Waals surface area contributed by atoms with Gasteiger partial charge in [-0.3, -0.25) is 0 Å². The van der Waals surface area contributed by atoms with E-state index in [1.54, 1.807) is 30.5 Å². The van der Waals surface area contributed by atoms with Crippen molar-refractivity contribution in [3.63, 3.8) is 0 Å². The first-order valence-corrected chi connectivity index (χ1v) is 14.0. The molecule has 0 amide bonds. The van der Waals surface area contributed by atoms with Crippen molar-refractivity contribution in [2.24, 2.45) is 15.2 Å². The quantitative estimate of drug-likeness (QED) is 0.119. The number of hydrogen-bond acceptors (Lipinski definition) is 4. The highest BCUT2D eigenvalue weighted by atomic mass is 35.5. The molecular weight excluding hydrogens is 567 g/mol. The van der Waals surface area contributed by atoms with E-state index in [2.05, 4.69) is 26.3 Å². The summed E-state index contributed by atoms with van der Waals surface area (Å²) < 4.78 is 5.93. The van der Waals surface area contributed by atoms with Gasteiger partial charge in [0.2, 0.25) is 0 Å². The fraction of sp³-hybridized carbons (Fsp3) is 0.0303. The van der Waals surface area contributed by atoms with Gasteiger partial charge in [0.25, 0.3) is 0 Å². The molecule has 0 saturated heterocycles. The van der Waals surface area contributed by atoms with Gasteiger partial charge in [0.15, 0.2) is 5.84 Å². The molecule has 0 aliphatic heterocycles. The van der Waals surface area contributed by atoms with Crippen molar-refractivity contribution < 1.29 is 4.42 Å². The molecule has 0 radical (unpaired) electrons. The molecule has 0 bridgehead atoms. The third-order valence-electron chi connectivity index (χ3n) is 6.99. The van der Waals surface area contributed by atoms with Gasteiger partial charge in [-0.2, -0.15) is 9.98 Å². The molecule has 0 fully saturated rings. The van der Waals surface area contributed by atoms with Gasteiger partial charge in [0, 0.05) is 48.7 Å². The van der Waals surface area contributed by atoms with Crippen LogP contribution < -0.4 is 0 Å². The van der Waals surface area contributed by atoms with Crippen molar-refractivity contribution in [3.05, 3.63) is 125 Å². The summed E-state index contributed by atoms with van der Waals surface area (Å²) in [6.07, 6.45) is 1.61. The summed E-state index contributed by atoms with van der Waals surface area (Å²) in [5, 5.41) is 12.3. The SMILES string of the molecule is Cc1[nH]c2ccccc2c1/C(N=Nc1ccc(Cl)cc1)=N/c1nc(-c2c(-c3ccc(Cl)cc3)[nH]c3ccccc23)co1. The van der Waals surface area contributed by atoms with Gasteiger partial charge < -0.3 is 14.4 Å². The fourth-order valence-electron chi connectivity index (χ4n) is 5.07. The Morgan fingerprint density at radius 1 is 0.762 bits per heavy atom. The first-order chi connectivity index (χ1) is 20.5. The van der Waals surface area contributed by atoms with Gasteiger partial charge in [-0.25, -0.2) is 0 Å². The maximum absolute atomic E-state index is 6.17. The zero-order valence-electron chi connectivity index (χ0n) is 22.3. The first kappa shape index (κ1) is 26.0. The van der Waals surface area contributed by atoms with Gasteiger partial charge >= 0.3 is 6.01 Å². The monoisotopic (exact) mass is 588 g/mol. The lowest BCUT2D eigenvalue weighted by molar-refractivity contribution is 0.570. The largest absolute Gasteiger partial charge is 0.430 e. The zero-order chi connectivity index (χ0) is 28.6. The summed E-state index contributed by atoms with van der Waals surface area (Å²) in [6, 6.07) is 31.0. The first-order valence-electron chi connectivity index (χ1n) is 13.2. The number of aromatic amines is 2. The molecule has 0 spiro atoms. The molecule has 3 aromatic heterocycles. The lowest BCUT2D eigenvalue weighted by atomic mass is 10.0. The minimum Gasteiger partial charge on any atom is -0.430 e. The molecule has 4 aromatic carbocycles. The molecule has 2 N–H and O–H groups in total. The van der Waals surface area contributed by atoms with Gasteiger partial charge in [0.05, 0.1) is 11.4 Å². The van der Waals surface area contributed by atoms with Crippen molar-refractivity contribution in [1.82, 2.24) is 15.0 Å². The van der Waals surface area contributed by atoms with Crippen LogP contribution in [-0.2, 0) is 0 Å². The van der Waals surface area contributed by atoms with Crippen LogP contribution in [0.4, 0.5) is 11.7 Å². The fourth-order valence-corrected chi connectivity index (χ4v) is 5.32. The van der Waals surface area contributed by atoms with Crippen LogP contribution >= 0.6 is 23.2 Å². The zero-order valence-corrected chi connectivity index (χ0v) is 23.8. The second kappa shape index (κ2) is 10.8. The molecule has 9 heteroatoms. The molecule has 0 atom stereocenters. The number of nitrogens with one attached hydrogen (secondary N) is 2. The van der Waals surface area contributed by atoms with Crippen molar-refractivity contribution in [2.45, 2.75) is 6.92 Å². The number of aliphatic imine (C=N–C) groups is 1. The van der Waals surface area contributed by atoms with E-state index in [9.17, 15) is 0 Å². The Morgan fingerprint density at radius 3 is 2.14 bits per heavy atom. The Balaban J connectivity index is 1.36. The average Bonchev–Trinajstić information content (AvgIpc) is 3.71. The minimum absolute atomic E-state index is 0.159. The van der Waals surface area contributed by atoms with E-state index < -0.39 is 0 Å². The predicted octanol–water partition coefficient (Wildman–Crippen LogP) is 10.4. The second-order valence-corrected chi connectivity index (χ2v) is 10.6. The Labute approximate surface area is 250 Å². The van der Waals surface area contributed by atoms with E-state index >= 15 is 0 Å². The molecule has 7 aromatic rings. The summed E-state index contributed by atoms with van der Waals surface area (Å²) in [6.45, 7) is 1.98. The third kappa shape index (κ3) is 4.89. The van der Waals surface area contributed by atoms with E-state index in [1.165, 1.54) is 0 Å². The molecule has 7 rings (SSSR count). The molecule has 0 aliphatic carbocycles. The Kier molecular flexibility index (Phi) is 6.66. The number of halogens is 2. The van der Waals surface area contributed by atoms with Crippen LogP contribution in [0.25, 0.3) is 44.3 Å². The van der Waals surface area contributed by atoms with E-state index in [4.69, 9.17) is 37.6 Å². The number of hydrogen-bond donors (Lipinski definition) is 2. The lowest BCUT2D eigenvalue weighted by Gasteiger charge is -2.03. The summed E-state index contributed by atoms with van der Waals surface area (Å²) in [5.74, 6) is 0.366. The highest BCUT2D eigenvalue weighted by Gasteiger charge is 2.20. The topological polar surface area (TPSA) is 94.7 Å². The summed E-state index contributed by atoms with van der Waals surface area (Å²) in [5.41, 5.74) is 7.75. The van der Waals surface area contributed by atoms with Gasteiger partial charge in [-0.05, 0) is 61.0 Å². The Morgan fingerprint density at radius 2 is 1.40 bits per heavy atom. The highest BCUT2D eigenvalue weighted by Crippen LogP contribution is 2.39. The molecular formula is C33H22Cl2N6O. The van der Waals surface area contributed by atoms with Gasteiger partial charge in [0.1, 0.15) is 12.0 Å². The number of para-hydroxylation sites is 2. The van der Waals surface area contributed by atoms with Gasteiger partial charge in [-0.1, -0.05) is 71.7 Å². The minimum atomic E-state index is 0.159. The molecule has 7 nitrogen and oxygen atoms in total. The predicted molar refractivity (Wildman–Crippen MR) is 169 cm³/mol. The van der Waals surface area contributed by atoms with Crippen LogP contribution in [0, 0.1) is 6.92 Å². The van der Waals surface area contributed by atoms with Crippen molar-refractivity contribution in [2.75, 3.05) is 0 Å². The van der Waals surface area contributed by atoms with Crippen LogP contribution in [-0.4, -0.2) is 20.8 Å². The summed E-state index contributed by atoms with van der Waals surface area (Å²) >= 11 is 12.2. The lowest BCUT2D eigenvalue weighted by Crippen LogP contribution is -1.98. The van der Waals surface area contributed by atoms with E-state index in [0.717, 1.165) is 49.9 Å². The Bertz CT molecular complexity index is 2120. The number of fused-ring (bicyclic) bond motifs is 2. The number of nitrogens with zero attached hydrogens (tertiary/aromatic N) is 4. The maximum Gasteiger partial charge on any atom is 0.324 e. The smallest absolute Gasteiger partial charge is 0.324 e. The number of H-pyrrole nitrogens is 2. The normalized spacial score (nSPS) is 12.2. The number of amidine groups is 1. The van der Waals surface area contributed by atoms with Crippen LogP contribution in [0.15, 0.2) is 123 Å². The standard InChI is InChI=1S/C33H22Cl2N6O/c1-19-29(24-6-2-4-8-26(24)36-19)32(41-40-23-16-14-22(35)15-17-23)39-33-38-28(18-42-33)30-25-7-3-5-9-27(25)37-31(30)20-10-12-21(34)13-11-20/h2-18,36-37H,1H3/b39-32-,41-40?. The number of azo groups is 1. The maximum atomic E-state index is 6.17. The van der Waals surface area contributed by atoms with Crippen molar-refractivity contribution in [1.29, 1.82) is 0 Å². The molecule has 0 saturated carbocycles. The third-order valence-corrected chi connectivity index (χ3v) is 7.50. The average molecular weight is 589 g/mol.